The molecule has 0 heterocycles. The minimum Gasteiger partial charge on any atom is -0.418 e. The molecule has 80 valence electrons. The van der Waals surface area contributed by atoms with E-state index in [9.17, 15) is 0 Å². The van der Waals surface area contributed by atoms with E-state index in [1.54, 1.807) is 0 Å². The van der Waals surface area contributed by atoms with Gasteiger partial charge in [0.2, 0.25) is 0 Å². The Morgan fingerprint density at radius 3 is 1.77 bits per heavy atom. The monoisotopic (exact) mass is 218 g/mol. The second kappa shape index (κ2) is 4.76. The fourth-order valence-electron chi connectivity index (χ4n) is 1.01. The van der Waals surface area contributed by atoms with Gasteiger partial charge in [-0.2, -0.15) is 0 Å². The Morgan fingerprint density at radius 2 is 1.46 bits per heavy atom. The highest BCUT2D eigenvalue weighted by Crippen LogP contribution is 2.22. The molecule has 0 N–H and O–H groups in total. The topological polar surface area (TPSA) is 9.23 Å². The van der Waals surface area contributed by atoms with Crippen molar-refractivity contribution in [3.8, 4) is 0 Å². The van der Waals surface area contributed by atoms with Crippen molar-refractivity contribution >= 4 is 16.4 Å². The molecule has 0 bridgehead atoms. The molecule has 0 spiro atoms. The van der Waals surface area contributed by atoms with Gasteiger partial charge in [0.25, 0.3) is 0 Å². The lowest BCUT2D eigenvalue weighted by molar-refractivity contribution is 0.277. The molecule has 13 heavy (non-hydrogen) atoms. The maximum atomic E-state index is 6.24. The third kappa shape index (κ3) is 4.43. The SMILES string of the molecule is CC[Si](C)(C)OC(C)[Si](C)(C)CC. The van der Waals surface area contributed by atoms with Crippen LogP contribution in [0.4, 0.5) is 0 Å². The van der Waals surface area contributed by atoms with Crippen LogP contribution in [-0.2, 0) is 4.43 Å². The van der Waals surface area contributed by atoms with E-state index in [1.165, 1.54) is 12.1 Å². The van der Waals surface area contributed by atoms with Gasteiger partial charge in [0.15, 0.2) is 8.32 Å². The van der Waals surface area contributed by atoms with Crippen LogP contribution < -0.4 is 0 Å². The summed E-state index contributed by atoms with van der Waals surface area (Å²) in [7, 11) is -2.43. The van der Waals surface area contributed by atoms with Crippen LogP contribution in [0, 0.1) is 0 Å². The van der Waals surface area contributed by atoms with Gasteiger partial charge >= 0.3 is 0 Å². The van der Waals surface area contributed by atoms with E-state index in [0.29, 0.717) is 5.73 Å². The molecule has 0 aromatic rings. The Bertz CT molecular complexity index is 155. The smallest absolute Gasteiger partial charge is 0.186 e. The third-order valence-electron chi connectivity index (χ3n) is 3.36. The van der Waals surface area contributed by atoms with E-state index in [4.69, 9.17) is 4.43 Å². The van der Waals surface area contributed by atoms with E-state index in [2.05, 4.69) is 47.0 Å². The van der Waals surface area contributed by atoms with Crippen molar-refractivity contribution < 1.29 is 4.43 Å². The molecule has 0 saturated heterocycles. The number of hydrogen-bond donors (Lipinski definition) is 0. The van der Waals surface area contributed by atoms with E-state index < -0.39 is 16.4 Å². The van der Waals surface area contributed by atoms with Crippen molar-refractivity contribution in [1.29, 1.82) is 0 Å². The Balaban J connectivity index is 4.22. The first-order valence-corrected chi connectivity index (χ1v) is 11.8. The number of rotatable bonds is 5. The van der Waals surface area contributed by atoms with E-state index in [-0.39, 0.29) is 0 Å². The summed E-state index contributed by atoms with van der Waals surface area (Å²) in [6, 6.07) is 2.55. The lowest BCUT2D eigenvalue weighted by Crippen LogP contribution is -2.47. The minimum atomic E-state index is -1.33. The summed E-state index contributed by atoms with van der Waals surface area (Å²) in [4.78, 5) is 0. The summed E-state index contributed by atoms with van der Waals surface area (Å²) in [5, 5.41) is 0. The zero-order valence-electron chi connectivity index (χ0n) is 10.4. The van der Waals surface area contributed by atoms with E-state index >= 15 is 0 Å². The Morgan fingerprint density at radius 1 is 1.00 bits per heavy atom. The Hall–Kier alpha value is 0.394. The molecule has 0 fully saturated rings. The van der Waals surface area contributed by atoms with Crippen LogP contribution in [-0.4, -0.2) is 22.1 Å². The van der Waals surface area contributed by atoms with Gasteiger partial charge in [-0.1, -0.05) is 33.0 Å². The van der Waals surface area contributed by atoms with Gasteiger partial charge in [0.05, 0.1) is 8.07 Å². The Labute approximate surface area is 86.0 Å². The summed E-state index contributed by atoms with van der Waals surface area (Å²) in [5.41, 5.74) is 0.527. The van der Waals surface area contributed by atoms with Crippen molar-refractivity contribution in [2.45, 2.75) is 64.8 Å². The molecule has 1 unspecified atom stereocenters. The summed E-state index contributed by atoms with van der Waals surface area (Å²) < 4.78 is 6.24. The maximum Gasteiger partial charge on any atom is 0.186 e. The largest absolute Gasteiger partial charge is 0.418 e. The van der Waals surface area contributed by atoms with Crippen LogP contribution in [0.2, 0.25) is 38.3 Å². The van der Waals surface area contributed by atoms with Crippen molar-refractivity contribution in [3.63, 3.8) is 0 Å². The second-order valence-electron chi connectivity index (χ2n) is 5.22. The summed E-state index contributed by atoms with van der Waals surface area (Å²) in [6.07, 6.45) is 0. The standard InChI is InChI=1S/C10H26OSi2/c1-8-12(4,5)10(3)11-13(6,7)9-2/h10H,8-9H2,1-7H3. The van der Waals surface area contributed by atoms with Crippen LogP contribution in [0.15, 0.2) is 0 Å². The van der Waals surface area contributed by atoms with Gasteiger partial charge in [-0.25, -0.2) is 0 Å². The molecule has 1 nitrogen and oxygen atoms in total. The molecule has 0 rings (SSSR count). The lowest BCUT2D eigenvalue weighted by Gasteiger charge is -2.35. The van der Waals surface area contributed by atoms with Gasteiger partial charge < -0.3 is 4.43 Å². The Kier molecular flexibility index (Phi) is 4.90. The zero-order chi connectivity index (χ0) is 10.7. The number of hydrogen-bond acceptors (Lipinski definition) is 1. The first kappa shape index (κ1) is 13.4. The van der Waals surface area contributed by atoms with E-state index in [1.807, 2.05) is 0 Å². The molecule has 0 aliphatic heterocycles. The highest BCUT2D eigenvalue weighted by atomic mass is 28.4. The van der Waals surface area contributed by atoms with Crippen LogP contribution in [0.3, 0.4) is 0 Å². The molecule has 0 aromatic carbocycles. The zero-order valence-corrected chi connectivity index (χ0v) is 12.4. The van der Waals surface area contributed by atoms with Crippen LogP contribution in [0.25, 0.3) is 0 Å². The van der Waals surface area contributed by atoms with Gasteiger partial charge in [-0.05, 0) is 26.1 Å². The molecular formula is C10H26OSi2. The van der Waals surface area contributed by atoms with E-state index in [0.717, 1.165) is 0 Å². The van der Waals surface area contributed by atoms with Gasteiger partial charge in [-0.15, -0.1) is 0 Å². The molecule has 3 heteroatoms. The molecule has 0 aromatic heterocycles. The highest BCUT2D eigenvalue weighted by Gasteiger charge is 2.32. The predicted octanol–water partition coefficient (Wildman–Crippen LogP) is 3.88. The average Bonchev–Trinajstić information content (AvgIpc) is 2.04. The first-order chi connectivity index (χ1) is 5.75. The minimum absolute atomic E-state index is 0.527. The molecule has 0 aliphatic rings. The highest BCUT2D eigenvalue weighted by molar-refractivity contribution is 6.80. The maximum absolute atomic E-state index is 6.24. The predicted molar refractivity (Wildman–Crippen MR) is 66.5 cm³/mol. The summed E-state index contributed by atoms with van der Waals surface area (Å²) in [5.74, 6) is 0. The van der Waals surface area contributed by atoms with Crippen molar-refractivity contribution in [2.24, 2.45) is 0 Å². The first-order valence-electron chi connectivity index (χ1n) is 5.43. The van der Waals surface area contributed by atoms with Crippen LogP contribution in [0.1, 0.15) is 20.8 Å². The molecule has 0 aliphatic carbocycles. The summed E-state index contributed by atoms with van der Waals surface area (Å²) in [6.45, 7) is 16.3. The fourth-order valence-corrected chi connectivity index (χ4v) is 4.94. The fraction of sp³-hybridized carbons (Fsp3) is 1.00. The molecule has 0 amide bonds. The summed E-state index contributed by atoms with van der Waals surface area (Å²) >= 11 is 0. The normalized spacial score (nSPS) is 15.9. The molecule has 0 radical (unpaired) electrons. The second-order valence-corrected chi connectivity index (χ2v) is 15.2. The molecule has 0 saturated carbocycles. The van der Waals surface area contributed by atoms with Crippen molar-refractivity contribution in [3.05, 3.63) is 0 Å². The van der Waals surface area contributed by atoms with Gasteiger partial charge in [-0.3, -0.25) is 0 Å². The molecular weight excluding hydrogens is 192 g/mol. The van der Waals surface area contributed by atoms with Crippen molar-refractivity contribution in [1.82, 2.24) is 0 Å². The third-order valence-corrected chi connectivity index (χ3v) is 10.4. The van der Waals surface area contributed by atoms with Gasteiger partial charge in [0.1, 0.15) is 0 Å². The molecule has 1 atom stereocenters. The average molecular weight is 218 g/mol. The lowest BCUT2D eigenvalue weighted by atomic mass is 10.9. The quantitative estimate of drug-likeness (QED) is 0.636. The van der Waals surface area contributed by atoms with Crippen LogP contribution in [0.5, 0.6) is 0 Å². The van der Waals surface area contributed by atoms with Crippen molar-refractivity contribution in [2.75, 3.05) is 0 Å². The van der Waals surface area contributed by atoms with Crippen LogP contribution >= 0.6 is 0 Å². The van der Waals surface area contributed by atoms with Gasteiger partial charge in [0, 0.05) is 5.73 Å².